The molecule has 0 aromatic rings. The van der Waals surface area contributed by atoms with Gasteiger partial charge in [0, 0.05) is 12.1 Å². The van der Waals surface area contributed by atoms with Crippen molar-refractivity contribution in [2.75, 3.05) is 13.6 Å². The van der Waals surface area contributed by atoms with Crippen molar-refractivity contribution in [2.45, 2.75) is 76.5 Å². The Kier molecular flexibility index (Phi) is 4.05. The van der Waals surface area contributed by atoms with Crippen LogP contribution in [-0.2, 0) is 4.79 Å². The third-order valence-electron chi connectivity index (χ3n) is 6.10. The molecule has 4 bridgehead atoms. The van der Waals surface area contributed by atoms with Crippen LogP contribution in [0.3, 0.4) is 0 Å². The first-order valence-electron chi connectivity index (χ1n) is 8.90. The Morgan fingerprint density at radius 3 is 2.09 bits per heavy atom. The summed E-state index contributed by atoms with van der Waals surface area (Å²) in [6, 6.07) is -0.195. The minimum Gasteiger partial charge on any atom is -0.389 e. The molecule has 4 heteroatoms. The molecule has 4 nitrogen and oxygen atoms in total. The van der Waals surface area contributed by atoms with Gasteiger partial charge in [-0.2, -0.15) is 0 Å². The van der Waals surface area contributed by atoms with Gasteiger partial charge in [-0.3, -0.25) is 9.69 Å². The van der Waals surface area contributed by atoms with E-state index in [0.29, 0.717) is 6.54 Å². The molecule has 0 spiro atoms. The van der Waals surface area contributed by atoms with Crippen molar-refractivity contribution < 1.29 is 9.90 Å². The van der Waals surface area contributed by atoms with Gasteiger partial charge in [0.15, 0.2) is 0 Å². The second-order valence-electron chi connectivity index (χ2n) is 9.09. The largest absolute Gasteiger partial charge is 0.389 e. The molecule has 1 amide bonds. The zero-order valence-electron chi connectivity index (χ0n) is 14.6. The number of nitrogens with one attached hydrogen (secondary N) is 1. The molecule has 1 unspecified atom stereocenters. The van der Waals surface area contributed by atoms with Crippen molar-refractivity contribution in [2.24, 2.45) is 17.8 Å². The summed E-state index contributed by atoms with van der Waals surface area (Å²) in [6.45, 7) is 6.02. The summed E-state index contributed by atoms with van der Waals surface area (Å²) in [7, 11) is 1.92. The minimum atomic E-state index is -0.774. The van der Waals surface area contributed by atoms with Crippen LogP contribution in [0.2, 0.25) is 0 Å². The van der Waals surface area contributed by atoms with Crippen molar-refractivity contribution in [3.05, 3.63) is 0 Å². The molecule has 1 atom stereocenters. The van der Waals surface area contributed by atoms with Crippen LogP contribution in [0.5, 0.6) is 0 Å². The van der Waals surface area contributed by atoms with E-state index in [0.717, 1.165) is 17.8 Å². The number of nitrogens with zero attached hydrogens (tertiary/aromatic N) is 1. The summed E-state index contributed by atoms with van der Waals surface area (Å²) in [6.07, 6.45) is 7.74. The Labute approximate surface area is 134 Å². The van der Waals surface area contributed by atoms with E-state index in [2.05, 4.69) is 5.32 Å². The van der Waals surface area contributed by atoms with Gasteiger partial charge in [0.25, 0.3) is 0 Å². The topological polar surface area (TPSA) is 52.6 Å². The van der Waals surface area contributed by atoms with Gasteiger partial charge in [0.1, 0.15) is 0 Å². The lowest BCUT2D eigenvalue weighted by atomic mass is 9.53. The number of hydrogen-bond acceptors (Lipinski definition) is 3. The monoisotopic (exact) mass is 308 g/mol. The van der Waals surface area contributed by atoms with Crippen LogP contribution in [0.15, 0.2) is 0 Å². The first kappa shape index (κ1) is 16.3. The molecule has 4 rings (SSSR count). The Balaban J connectivity index is 1.62. The average Bonchev–Trinajstić information content (AvgIpc) is 2.33. The number of carbonyl (C=O) groups excluding carboxylic acids is 1. The molecule has 0 radical (unpaired) electrons. The van der Waals surface area contributed by atoms with Crippen LogP contribution in [-0.4, -0.2) is 46.7 Å². The second-order valence-corrected chi connectivity index (χ2v) is 9.09. The maximum Gasteiger partial charge on any atom is 0.237 e. The van der Waals surface area contributed by atoms with Crippen molar-refractivity contribution in [1.82, 2.24) is 10.2 Å². The van der Waals surface area contributed by atoms with Gasteiger partial charge in [-0.15, -0.1) is 0 Å². The highest BCUT2D eigenvalue weighted by molar-refractivity contribution is 5.82. The molecule has 0 aromatic carbocycles. The standard InChI is InChI=1S/C18H32N2O2/c1-12(20(4)11-17(2,3)22)16(21)19-18-8-13-5-14(9-18)7-15(6-13)10-18/h12-15,22H,5-11H2,1-4H3,(H,19,21). The zero-order chi connectivity index (χ0) is 16.1. The average molecular weight is 308 g/mol. The fourth-order valence-electron chi connectivity index (χ4n) is 5.58. The lowest BCUT2D eigenvalue weighted by Crippen LogP contribution is -2.62. The van der Waals surface area contributed by atoms with E-state index in [1.807, 2.05) is 18.9 Å². The summed E-state index contributed by atoms with van der Waals surface area (Å²) >= 11 is 0. The molecule has 22 heavy (non-hydrogen) atoms. The van der Waals surface area contributed by atoms with E-state index in [9.17, 15) is 9.90 Å². The summed E-state index contributed by atoms with van der Waals surface area (Å²) in [5.74, 6) is 2.66. The van der Waals surface area contributed by atoms with Gasteiger partial charge in [-0.25, -0.2) is 0 Å². The Hall–Kier alpha value is -0.610. The predicted octanol–water partition coefficient (Wildman–Crippen LogP) is 2.16. The van der Waals surface area contributed by atoms with Gasteiger partial charge in [0.2, 0.25) is 5.91 Å². The van der Waals surface area contributed by atoms with Crippen molar-refractivity contribution >= 4 is 5.91 Å². The number of rotatable bonds is 5. The smallest absolute Gasteiger partial charge is 0.237 e. The van der Waals surface area contributed by atoms with Crippen molar-refractivity contribution in [3.8, 4) is 0 Å². The van der Waals surface area contributed by atoms with Gasteiger partial charge in [-0.05, 0) is 84.1 Å². The van der Waals surface area contributed by atoms with E-state index >= 15 is 0 Å². The van der Waals surface area contributed by atoms with E-state index in [1.165, 1.54) is 38.5 Å². The SMILES string of the molecule is CC(C(=O)NC12CC3CC(CC(C3)C1)C2)N(C)CC(C)(C)O. The molecular weight excluding hydrogens is 276 g/mol. The lowest BCUT2D eigenvalue weighted by Gasteiger charge is -2.57. The highest BCUT2D eigenvalue weighted by atomic mass is 16.3. The van der Waals surface area contributed by atoms with E-state index in [4.69, 9.17) is 0 Å². The fourth-order valence-corrected chi connectivity index (χ4v) is 5.58. The summed E-state index contributed by atoms with van der Waals surface area (Å²) in [5, 5.41) is 13.4. The fraction of sp³-hybridized carbons (Fsp3) is 0.944. The lowest BCUT2D eigenvalue weighted by molar-refractivity contribution is -0.132. The van der Waals surface area contributed by atoms with E-state index < -0.39 is 5.60 Å². The Morgan fingerprint density at radius 1 is 1.23 bits per heavy atom. The molecule has 2 N–H and O–H groups in total. The number of aliphatic hydroxyl groups is 1. The molecule has 4 fully saturated rings. The van der Waals surface area contributed by atoms with Crippen molar-refractivity contribution in [1.29, 1.82) is 0 Å². The number of likely N-dealkylation sites (N-methyl/N-ethyl adjacent to an activating group) is 1. The number of amides is 1. The zero-order valence-corrected chi connectivity index (χ0v) is 14.6. The molecule has 126 valence electrons. The molecule has 0 aromatic heterocycles. The number of hydrogen-bond donors (Lipinski definition) is 2. The summed E-state index contributed by atoms with van der Waals surface area (Å²) < 4.78 is 0. The van der Waals surface area contributed by atoms with Crippen LogP contribution in [0.1, 0.15) is 59.3 Å². The maximum absolute atomic E-state index is 12.7. The molecule has 4 saturated carbocycles. The third-order valence-corrected chi connectivity index (χ3v) is 6.10. The van der Waals surface area contributed by atoms with Crippen LogP contribution in [0, 0.1) is 17.8 Å². The molecular formula is C18H32N2O2. The third kappa shape index (κ3) is 3.33. The quantitative estimate of drug-likeness (QED) is 0.818. The van der Waals surface area contributed by atoms with E-state index in [-0.39, 0.29) is 17.5 Å². The van der Waals surface area contributed by atoms with Crippen LogP contribution < -0.4 is 5.32 Å². The number of carbonyl (C=O) groups is 1. The van der Waals surface area contributed by atoms with E-state index in [1.54, 1.807) is 13.8 Å². The van der Waals surface area contributed by atoms with Gasteiger partial charge < -0.3 is 10.4 Å². The molecule has 0 saturated heterocycles. The summed E-state index contributed by atoms with van der Waals surface area (Å²) in [5.41, 5.74) is -0.695. The Morgan fingerprint density at radius 2 is 1.68 bits per heavy atom. The maximum atomic E-state index is 12.7. The first-order chi connectivity index (χ1) is 10.2. The molecule has 4 aliphatic rings. The normalized spacial score (nSPS) is 38.4. The van der Waals surface area contributed by atoms with Gasteiger partial charge in [0.05, 0.1) is 11.6 Å². The van der Waals surface area contributed by atoms with Crippen molar-refractivity contribution in [3.63, 3.8) is 0 Å². The van der Waals surface area contributed by atoms with Crippen LogP contribution in [0.25, 0.3) is 0 Å². The Bertz CT molecular complexity index is 406. The minimum absolute atomic E-state index is 0.0790. The molecule has 4 aliphatic carbocycles. The molecule has 0 aliphatic heterocycles. The van der Waals surface area contributed by atoms with Gasteiger partial charge in [-0.1, -0.05) is 0 Å². The highest BCUT2D eigenvalue weighted by Crippen LogP contribution is 2.55. The highest BCUT2D eigenvalue weighted by Gasteiger charge is 2.51. The second kappa shape index (κ2) is 5.48. The summed E-state index contributed by atoms with van der Waals surface area (Å²) in [4.78, 5) is 14.7. The van der Waals surface area contributed by atoms with Crippen LogP contribution in [0.4, 0.5) is 0 Å². The van der Waals surface area contributed by atoms with Crippen LogP contribution >= 0.6 is 0 Å². The predicted molar refractivity (Wildman–Crippen MR) is 87.4 cm³/mol. The first-order valence-corrected chi connectivity index (χ1v) is 8.90. The van der Waals surface area contributed by atoms with Gasteiger partial charge >= 0.3 is 0 Å². The molecule has 0 heterocycles.